The van der Waals surface area contributed by atoms with Crippen LogP contribution in [0.25, 0.3) is 0 Å². The zero-order valence-corrected chi connectivity index (χ0v) is 16.8. The number of methoxy groups -OCH3 is 1. The van der Waals surface area contributed by atoms with Gasteiger partial charge in [-0.25, -0.2) is 4.79 Å². The van der Waals surface area contributed by atoms with Gasteiger partial charge in [-0.15, -0.1) is 0 Å². The molecule has 1 aliphatic heterocycles. The highest BCUT2D eigenvalue weighted by atomic mass is 35.5. The lowest BCUT2D eigenvalue weighted by atomic mass is 10.1. The van der Waals surface area contributed by atoms with Gasteiger partial charge in [0.15, 0.2) is 0 Å². The average molecular weight is 402 g/mol. The molecule has 1 heterocycles. The molecule has 1 saturated heterocycles. The molecule has 1 N–H and O–H groups in total. The van der Waals surface area contributed by atoms with Crippen molar-refractivity contribution in [2.45, 2.75) is 6.92 Å². The van der Waals surface area contributed by atoms with Crippen LogP contribution in [0.5, 0.6) is 0 Å². The summed E-state index contributed by atoms with van der Waals surface area (Å²) < 4.78 is 4.68. The van der Waals surface area contributed by atoms with E-state index in [0.29, 0.717) is 21.8 Å². The normalized spacial score (nSPS) is 14.6. The SMILES string of the molecule is CCN1CCN(c2ccc(Cl)cc2NC(=O)c2ccc(C(=O)OC)cc2)CC1. The molecule has 0 aliphatic carbocycles. The fraction of sp³-hybridized carbons (Fsp3) is 0.333. The Labute approximate surface area is 170 Å². The van der Waals surface area contributed by atoms with Crippen LogP contribution in [-0.2, 0) is 4.74 Å². The molecule has 1 amide bonds. The first-order valence-electron chi connectivity index (χ1n) is 9.28. The van der Waals surface area contributed by atoms with Gasteiger partial charge in [-0.1, -0.05) is 18.5 Å². The van der Waals surface area contributed by atoms with Crippen molar-refractivity contribution in [2.75, 3.05) is 50.1 Å². The van der Waals surface area contributed by atoms with E-state index in [1.165, 1.54) is 7.11 Å². The van der Waals surface area contributed by atoms with E-state index in [4.69, 9.17) is 11.6 Å². The van der Waals surface area contributed by atoms with Crippen LogP contribution in [0.4, 0.5) is 11.4 Å². The molecule has 0 unspecified atom stereocenters. The number of hydrogen-bond donors (Lipinski definition) is 1. The van der Waals surface area contributed by atoms with Crippen LogP contribution in [0.2, 0.25) is 5.02 Å². The number of piperazine rings is 1. The monoisotopic (exact) mass is 401 g/mol. The number of benzene rings is 2. The van der Waals surface area contributed by atoms with Crippen molar-refractivity contribution in [1.29, 1.82) is 0 Å². The number of halogens is 1. The minimum Gasteiger partial charge on any atom is -0.465 e. The van der Waals surface area contributed by atoms with Crippen molar-refractivity contribution in [3.05, 3.63) is 58.6 Å². The first-order chi connectivity index (χ1) is 13.5. The second-order valence-electron chi connectivity index (χ2n) is 6.61. The van der Waals surface area contributed by atoms with Gasteiger partial charge in [0, 0.05) is 36.8 Å². The van der Waals surface area contributed by atoms with Crippen molar-refractivity contribution >= 4 is 34.9 Å². The van der Waals surface area contributed by atoms with E-state index in [9.17, 15) is 9.59 Å². The number of nitrogens with one attached hydrogen (secondary N) is 1. The Morgan fingerprint density at radius 2 is 1.68 bits per heavy atom. The molecule has 0 spiro atoms. The molecule has 2 aromatic carbocycles. The molecule has 2 aromatic rings. The van der Waals surface area contributed by atoms with Crippen LogP contribution in [0, 0.1) is 0 Å². The van der Waals surface area contributed by atoms with Crippen LogP contribution in [0.1, 0.15) is 27.6 Å². The van der Waals surface area contributed by atoms with Gasteiger partial charge in [-0.3, -0.25) is 4.79 Å². The standard InChI is InChI=1S/C21H24ClN3O3/c1-3-24-10-12-25(13-11-24)19-9-8-17(22)14-18(19)23-20(26)15-4-6-16(7-5-15)21(27)28-2/h4-9,14H,3,10-13H2,1-2H3,(H,23,26). The lowest BCUT2D eigenvalue weighted by molar-refractivity contribution is 0.0600. The predicted molar refractivity (Wildman–Crippen MR) is 112 cm³/mol. The van der Waals surface area contributed by atoms with E-state index in [1.54, 1.807) is 30.3 Å². The quantitative estimate of drug-likeness (QED) is 0.777. The lowest BCUT2D eigenvalue weighted by Gasteiger charge is -2.36. The summed E-state index contributed by atoms with van der Waals surface area (Å²) in [7, 11) is 1.32. The highest BCUT2D eigenvalue weighted by molar-refractivity contribution is 6.31. The summed E-state index contributed by atoms with van der Waals surface area (Å²) in [5.41, 5.74) is 2.49. The maximum Gasteiger partial charge on any atom is 0.337 e. The second-order valence-corrected chi connectivity index (χ2v) is 7.04. The van der Waals surface area contributed by atoms with Crippen molar-refractivity contribution in [1.82, 2.24) is 4.90 Å². The molecule has 0 radical (unpaired) electrons. The molecule has 6 nitrogen and oxygen atoms in total. The van der Waals surface area contributed by atoms with E-state index >= 15 is 0 Å². The molecule has 1 aliphatic rings. The summed E-state index contributed by atoms with van der Waals surface area (Å²) in [4.78, 5) is 28.9. The number of ether oxygens (including phenoxy) is 1. The first-order valence-corrected chi connectivity index (χ1v) is 9.66. The molecule has 28 heavy (non-hydrogen) atoms. The number of amides is 1. The largest absolute Gasteiger partial charge is 0.465 e. The Hall–Kier alpha value is -2.57. The number of rotatable bonds is 5. The summed E-state index contributed by atoms with van der Waals surface area (Å²) >= 11 is 6.17. The van der Waals surface area contributed by atoms with Crippen LogP contribution in [0.3, 0.4) is 0 Å². The Kier molecular flexibility index (Phi) is 6.54. The van der Waals surface area contributed by atoms with Crippen LogP contribution in [-0.4, -0.2) is 56.6 Å². The van der Waals surface area contributed by atoms with E-state index in [2.05, 4.69) is 26.8 Å². The number of hydrogen-bond acceptors (Lipinski definition) is 5. The number of likely N-dealkylation sites (N-methyl/N-ethyl adjacent to an activating group) is 1. The Balaban J connectivity index is 1.77. The van der Waals surface area contributed by atoms with Crippen LogP contribution < -0.4 is 10.2 Å². The Morgan fingerprint density at radius 1 is 1.04 bits per heavy atom. The molecule has 7 heteroatoms. The first kappa shape index (κ1) is 20.2. The molecule has 0 bridgehead atoms. The fourth-order valence-electron chi connectivity index (χ4n) is 3.26. The van der Waals surface area contributed by atoms with Crippen molar-refractivity contribution < 1.29 is 14.3 Å². The molecule has 1 fully saturated rings. The highest BCUT2D eigenvalue weighted by Crippen LogP contribution is 2.30. The van der Waals surface area contributed by atoms with Crippen molar-refractivity contribution in [2.24, 2.45) is 0 Å². The van der Waals surface area contributed by atoms with Crippen molar-refractivity contribution in [3.8, 4) is 0 Å². The predicted octanol–water partition coefficient (Wildman–Crippen LogP) is 3.52. The molecule has 0 atom stereocenters. The number of carbonyl (C=O) groups excluding carboxylic acids is 2. The number of carbonyl (C=O) groups is 2. The van der Waals surface area contributed by atoms with Gasteiger partial charge < -0.3 is 19.9 Å². The van der Waals surface area contributed by atoms with Gasteiger partial charge in [-0.05, 0) is 49.0 Å². The lowest BCUT2D eigenvalue weighted by Crippen LogP contribution is -2.46. The van der Waals surface area contributed by atoms with Gasteiger partial charge >= 0.3 is 5.97 Å². The zero-order chi connectivity index (χ0) is 20.1. The maximum absolute atomic E-state index is 12.7. The Morgan fingerprint density at radius 3 is 2.29 bits per heavy atom. The maximum atomic E-state index is 12.7. The van der Waals surface area contributed by atoms with Gasteiger partial charge in [-0.2, -0.15) is 0 Å². The summed E-state index contributed by atoms with van der Waals surface area (Å²) in [6.45, 7) is 6.97. The smallest absolute Gasteiger partial charge is 0.337 e. The zero-order valence-electron chi connectivity index (χ0n) is 16.1. The highest BCUT2D eigenvalue weighted by Gasteiger charge is 2.20. The molecule has 148 valence electrons. The molecule has 3 rings (SSSR count). The van der Waals surface area contributed by atoms with Gasteiger partial charge in [0.05, 0.1) is 24.0 Å². The third-order valence-electron chi connectivity index (χ3n) is 4.94. The van der Waals surface area contributed by atoms with Gasteiger partial charge in [0.25, 0.3) is 5.91 Å². The topological polar surface area (TPSA) is 61.9 Å². The number of nitrogens with zero attached hydrogens (tertiary/aromatic N) is 2. The van der Waals surface area contributed by atoms with Crippen LogP contribution >= 0.6 is 11.6 Å². The third kappa shape index (κ3) is 4.64. The van der Waals surface area contributed by atoms with E-state index < -0.39 is 5.97 Å². The van der Waals surface area contributed by atoms with E-state index in [1.807, 2.05) is 12.1 Å². The second kappa shape index (κ2) is 9.08. The molecule has 0 aromatic heterocycles. The van der Waals surface area contributed by atoms with E-state index in [0.717, 1.165) is 38.4 Å². The number of esters is 1. The average Bonchev–Trinajstić information content (AvgIpc) is 2.73. The van der Waals surface area contributed by atoms with Gasteiger partial charge in [0.2, 0.25) is 0 Å². The number of anilines is 2. The minimum absolute atomic E-state index is 0.257. The third-order valence-corrected chi connectivity index (χ3v) is 5.17. The molecule has 0 saturated carbocycles. The fourth-order valence-corrected chi connectivity index (χ4v) is 3.43. The minimum atomic E-state index is -0.435. The summed E-state index contributed by atoms with van der Waals surface area (Å²) in [5.74, 6) is -0.692. The summed E-state index contributed by atoms with van der Waals surface area (Å²) in [6, 6.07) is 11.9. The van der Waals surface area contributed by atoms with Crippen LogP contribution in [0.15, 0.2) is 42.5 Å². The molecular weight excluding hydrogens is 378 g/mol. The molecular formula is C21H24ClN3O3. The summed E-state index contributed by atoms with van der Waals surface area (Å²) in [5, 5.41) is 3.52. The van der Waals surface area contributed by atoms with Crippen molar-refractivity contribution in [3.63, 3.8) is 0 Å². The summed E-state index contributed by atoms with van der Waals surface area (Å²) in [6.07, 6.45) is 0. The van der Waals surface area contributed by atoms with E-state index in [-0.39, 0.29) is 5.91 Å². The Bertz CT molecular complexity index is 846. The van der Waals surface area contributed by atoms with Gasteiger partial charge in [0.1, 0.15) is 0 Å².